The highest BCUT2D eigenvalue weighted by atomic mass is 32.1. The number of ether oxygens (including phenoxy) is 1. The van der Waals surface area contributed by atoms with Gasteiger partial charge in [-0.2, -0.15) is 0 Å². The number of hydrogen-bond donors (Lipinski definition) is 1. The molecule has 5 nitrogen and oxygen atoms in total. The Balaban J connectivity index is 1.54. The lowest BCUT2D eigenvalue weighted by Crippen LogP contribution is -2.38. The molecule has 3 aromatic rings. The molecule has 1 N–H and O–H groups in total. The maximum Gasteiger partial charge on any atom is 0.339 e. The van der Waals surface area contributed by atoms with Crippen LogP contribution in [0.25, 0.3) is 10.2 Å². The highest BCUT2D eigenvalue weighted by molar-refractivity contribution is 7.22. The largest absolute Gasteiger partial charge is 0.448 e. The molecule has 4 rings (SSSR count). The lowest BCUT2D eigenvalue weighted by atomic mass is 9.96. The standard InChI is InChI=1S/C18H14N2O3S/c1-10-6-7-11-9-14(23-17(22)12(11)8-10)16(21)20-18-19-13-4-2-3-5-15(13)24-18/h2-8,14H,9H2,1H3,(H,19,20,21). The Morgan fingerprint density at radius 3 is 2.96 bits per heavy atom. The van der Waals surface area contributed by atoms with Crippen molar-refractivity contribution >= 4 is 38.6 Å². The van der Waals surface area contributed by atoms with E-state index < -0.39 is 12.1 Å². The van der Waals surface area contributed by atoms with E-state index in [1.807, 2.05) is 43.3 Å². The van der Waals surface area contributed by atoms with Crippen LogP contribution in [-0.4, -0.2) is 23.0 Å². The highest BCUT2D eigenvalue weighted by Gasteiger charge is 2.31. The highest BCUT2D eigenvalue weighted by Crippen LogP contribution is 2.27. The van der Waals surface area contributed by atoms with Crippen molar-refractivity contribution < 1.29 is 14.3 Å². The molecule has 1 unspecified atom stereocenters. The maximum absolute atomic E-state index is 12.4. The van der Waals surface area contributed by atoms with Crippen molar-refractivity contribution in [3.63, 3.8) is 0 Å². The van der Waals surface area contributed by atoms with E-state index >= 15 is 0 Å². The second-order valence-electron chi connectivity index (χ2n) is 5.73. The van der Waals surface area contributed by atoms with Crippen molar-refractivity contribution in [3.8, 4) is 0 Å². The fourth-order valence-corrected chi connectivity index (χ4v) is 3.62. The molecular weight excluding hydrogens is 324 g/mol. The third-order valence-corrected chi connectivity index (χ3v) is 4.91. The molecule has 0 fully saturated rings. The number of anilines is 1. The quantitative estimate of drug-likeness (QED) is 0.728. The molecule has 0 bridgehead atoms. The summed E-state index contributed by atoms with van der Waals surface area (Å²) < 4.78 is 6.30. The molecule has 24 heavy (non-hydrogen) atoms. The number of rotatable bonds is 2. The van der Waals surface area contributed by atoms with Crippen molar-refractivity contribution in [2.24, 2.45) is 0 Å². The van der Waals surface area contributed by atoms with Gasteiger partial charge in [-0.25, -0.2) is 9.78 Å². The molecule has 2 aromatic carbocycles. The number of carbonyl (C=O) groups is 2. The predicted molar refractivity (Wildman–Crippen MR) is 92.3 cm³/mol. The van der Waals surface area contributed by atoms with Crippen molar-refractivity contribution in [1.82, 2.24) is 4.98 Å². The zero-order valence-electron chi connectivity index (χ0n) is 12.9. The van der Waals surface area contributed by atoms with Crippen LogP contribution in [0.5, 0.6) is 0 Å². The molecule has 1 aliphatic heterocycles. The summed E-state index contributed by atoms with van der Waals surface area (Å²) in [5.41, 5.74) is 3.20. The van der Waals surface area contributed by atoms with Crippen LogP contribution in [0.15, 0.2) is 42.5 Å². The molecule has 120 valence electrons. The summed E-state index contributed by atoms with van der Waals surface area (Å²) in [6, 6.07) is 13.3. The minimum Gasteiger partial charge on any atom is -0.448 e. The third-order valence-electron chi connectivity index (χ3n) is 3.96. The zero-order chi connectivity index (χ0) is 16.7. The van der Waals surface area contributed by atoms with Crippen LogP contribution in [-0.2, 0) is 16.0 Å². The summed E-state index contributed by atoms with van der Waals surface area (Å²) in [6.07, 6.45) is -0.460. The Kier molecular flexibility index (Phi) is 3.54. The van der Waals surface area contributed by atoms with E-state index in [0.717, 1.165) is 21.3 Å². The average molecular weight is 338 g/mol. The molecule has 0 saturated carbocycles. The molecule has 0 spiro atoms. The zero-order valence-corrected chi connectivity index (χ0v) is 13.7. The van der Waals surface area contributed by atoms with Crippen molar-refractivity contribution in [1.29, 1.82) is 0 Å². The number of thiazole rings is 1. The second-order valence-corrected chi connectivity index (χ2v) is 6.77. The van der Waals surface area contributed by atoms with Gasteiger partial charge in [0.2, 0.25) is 0 Å². The number of aromatic nitrogens is 1. The van der Waals surface area contributed by atoms with Gasteiger partial charge >= 0.3 is 5.97 Å². The van der Waals surface area contributed by atoms with E-state index in [-0.39, 0.29) is 5.91 Å². The molecule has 0 radical (unpaired) electrons. The van der Waals surface area contributed by atoms with Crippen LogP contribution in [0.4, 0.5) is 5.13 Å². The second kappa shape index (κ2) is 5.72. The average Bonchev–Trinajstić information content (AvgIpc) is 2.97. The monoisotopic (exact) mass is 338 g/mol. The van der Waals surface area contributed by atoms with E-state index in [4.69, 9.17) is 4.74 Å². The Bertz CT molecular complexity index is 931. The summed E-state index contributed by atoms with van der Waals surface area (Å²) in [5.74, 6) is -0.807. The molecule has 0 saturated heterocycles. The maximum atomic E-state index is 12.4. The number of nitrogens with zero attached hydrogens (tertiary/aromatic N) is 1. The molecule has 0 aliphatic carbocycles. The summed E-state index contributed by atoms with van der Waals surface area (Å²) in [4.78, 5) is 28.9. The van der Waals surface area contributed by atoms with Crippen molar-refractivity contribution in [3.05, 3.63) is 59.2 Å². The molecular formula is C18H14N2O3S. The molecule has 1 aliphatic rings. The Hall–Kier alpha value is -2.73. The fraction of sp³-hybridized carbons (Fsp3) is 0.167. The summed E-state index contributed by atoms with van der Waals surface area (Å²) in [5, 5.41) is 3.26. The predicted octanol–water partition coefficient (Wildman–Crippen LogP) is 3.32. The van der Waals surface area contributed by atoms with Crippen LogP contribution in [0, 0.1) is 6.92 Å². The Labute approximate surface area is 142 Å². The third kappa shape index (κ3) is 2.65. The fourth-order valence-electron chi connectivity index (χ4n) is 2.75. The van der Waals surface area contributed by atoms with Gasteiger partial charge in [0, 0.05) is 6.42 Å². The molecule has 2 heterocycles. The van der Waals surface area contributed by atoms with E-state index in [9.17, 15) is 9.59 Å². The first-order valence-electron chi connectivity index (χ1n) is 7.57. The number of benzene rings is 2. The van der Waals surface area contributed by atoms with Crippen LogP contribution in [0.2, 0.25) is 0 Å². The minimum atomic E-state index is -0.834. The minimum absolute atomic E-state index is 0.353. The summed E-state index contributed by atoms with van der Waals surface area (Å²) >= 11 is 1.39. The van der Waals surface area contributed by atoms with Crippen LogP contribution in [0.1, 0.15) is 21.5 Å². The Morgan fingerprint density at radius 2 is 2.12 bits per heavy atom. The molecule has 1 aromatic heterocycles. The van der Waals surface area contributed by atoms with Gasteiger partial charge in [0.1, 0.15) is 0 Å². The van der Waals surface area contributed by atoms with Gasteiger partial charge < -0.3 is 4.74 Å². The lowest BCUT2D eigenvalue weighted by Gasteiger charge is -2.23. The summed E-state index contributed by atoms with van der Waals surface area (Å²) in [7, 11) is 0. The lowest BCUT2D eigenvalue weighted by molar-refractivity contribution is -0.125. The topological polar surface area (TPSA) is 68.3 Å². The van der Waals surface area contributed by atoms with E-state index in [1.165, 1.54) is 11.3 Å². The number of amides is 1. The van der Waals surface area contributed by atoms with E-state index in [1.54, 1.807) is 6.07 Å². The Morgan fingerprint density at radius 1 is 1.29 bits per heavy atom. The number of carbonyl (C=O) groups excluding carboxylic acids is 2. The van der Waals surface area contributed by atoms with E-state index in [2.05, 4.69) is 10.3 Å². The van der Waals surface area contributed by atoms with Crippen molar-refractivity contribution in [2.45, 2.75) is 19.4 Å². The van der Waals surface area contributed by atoms with Gasteiger partial charge in [-0.05, 0) is 30.7 Å². The number of aryl methyl sites for hydroxylation is 1. The smallest absolute Gasteiger partial charge is 0.339 e. The van der Waals surface area contributed by atoms with Gasteiger partial charge in [-0.1, -0.05) is 41.2 Å². The van der Waals surface area contributed by atoms with Gasteiger partial charge in [0.05, 0.1) is 15.8 Å². The molecule has 1 amide bonds. The first-order valence-corrected chi connectivity index (χ1v) is 8.39. The van der Waals surface area contributed by atoms with Crippen molar-refractivity contribution in [2.75, 3.05) is 5.32 Å². The van der Waals surface area contributed by atoms with Crippen LogP contribution < -0.4 is 5.32 Å². The van der Waals surface area contributed by atoms with E-state index in [0.29, 0.717) is 17.1 Å². The first-order chi connectivity index (χ1) is 11.6. The number of fused-ring (bicyclic) bond motifs is 2. The van der Waals surface area contributed by atoms with Gasteiger partial charge in [-0.15, -0.1) is 0 Å². The van der Waals surface area contributed by atoms with Crippen LogP contribution in [0.3, 0.4) is 0 Å². The van der Waals surface area contributed by atoms with Crippen LogP contribution >= 0.6 is 11.3 Å². The number of para-hydroxylation sites is 1. The normalized spacial score (nSPS) is 16.5. The number of nitrogens with one attached hydrogen (secondary N) is 1. The number of hydrogen-bond acceptors (Lipinski definition) is 5. The SMILES string of the molecule is Cc1ccc2c(c1)C(=O)OC(C(=O)Nc1nc3ccccc3s1)C2. The molecule has 1 atom stereocenters. The number of cyclic esters (lactones) is 1. The van der Waals surface area contributed by atoms with Gasteiger partial charge in [-0.3, -0.25) is 10.1 Å². The first kappa shape index (κ1) is 14.8. The molecule has 6 heteroatoms. The van der Waals surface area contributed by atoms with Gasteiger partial charge in [0.15, 0.2) is 11.2 Å². The number of esters is 1. The van der Waals surface area contributed by atoms with Gasteiger partial charge in [0.25, 0.3) is 5.91 Å². The summed E-state index contributed by atoms with van der Waals surface area (Å²) in [6.45, 7) is 1.92.